The Bertz CT molecular complexity index is 683. The number of rotatable bonds is 9. The second-order valence-corrected chi connectivity index (χ2v) is 8.14. The molecule has 7 heteroatoms. The molecule has 1 unspecified atom stereocenters. The predicted octanol–water partition coefficient (Wildman–Crippen LogP) is 0.790. The number of benzene rings is 1. The van der Waals surface area contributed by atoms with Crippen LogP contribution in [0.1, 0.15) is 38.8 Å². The molecule has 0 aliphatic heterocycles. The molecular formula is C21H36N3O4+. The Balaban J connectivity index is 2.75. The van der Waals surface area contributed by atoms with Crippen molar-refractivity contribution in [3.8, 4) is 11.5 Å². The molecule has 7 nitrogen and oxygen atoms in total. The lowest BCUT2D eigenvalue weighted by molar-refractivity contribution is -0.882. The van der Waals surface area contributed by atoms with E-state index in [9.17, 15) is 9.59 Å². The van der Waals surface area contributed by atoms with Crippen LogP contribution in [0.5, 0.6) is 11.5 Å². The summed E-state index contributed by atoms with van der Waals surface area (Å²) in [5, 5.41) is 2.95. The van der Waals surface area contributed by atoms with Gasteiger partial charge in [0.25, 0.3) is 11.8 Å². The highest BCUT2D eigenvalue weighted by atomic mass is 16.5. The van der Waals surface area contributed by atoms with E-state index in [1.807, 2.05) is 46.8 Å². The summed E-state index contributed by atoms with van der Waals surface area (Å²) in [6.07, 6.45) is 0. The smallest absolute Gasteiger partial charge is 0.277 e. The fraction of sp³-hybridized carbons (Fsp3) is 0.619. The number of nitrogens with one attached hydrogen (secondary N) is 2. The molecule has 28 heavy (non-hydrogen) atoms. The van der Waals surface area contributed by atoms with E-state index in [-0.39, 0.29) is 30.4 Å². The predicted molar refractivity (Wildman–Crippen MR) is 110 cm³/mol. The van der Waals surface area contributed by atoms with Gasteiger partial charge in [-0.05, 0) is 57.9 Å². The Labute approximate surface area is 169 Å². The molecule has 0 saturated heterocycles. The van der Waals surface area contributed by atoms with Gasteiger partial charge in [0.1, 0.15) is 0 Å². The van der Waals surface area contributed by atoms with Crippen LogP contribution in [-0.2, 0) is 16.1 Å². The summed E-state index contributed by atoms with van der Waals surface area (Å²) in [5.74, 6) is 1.26. The highest BCUT2D eigenvalue weighted by Crippen LogP contribution is 2.30. The maximum absolute atomic E-state index is 12.7. The minimum atomic E-state index is -0.276. The SMILES string of the molecule is CC[NH+](CC(=O)NC(C)(C)C)CC(=O)N(C)Cc1cc(OC)c(OC)cc1C. The molecular weight excluding hydrogens is 358 g/mol. The third kappa shape index (κ3) is 7.38. The molecule has 0 bridgehead atoms. The number of quaternary nitrogens is 1. The molecule has 0 aromatic heterocycles. The van der Waals surface area contributed by atoms with Crippen molar-refractivity contribution in [3.63, 3.8) is 0 Å². The minimum Gasteiger partial charge on any atom is -0.493 e. The first-order valence-electron chi connectivity index (χ1n) is 9.60. The van der Waals surface area contributed by atoms with Gasteiger partial charge >= 0.3 is 0 Å². The largest absolute Gasteiger partial charge is 0.493 e. The van der Waals surface area contributed by atoms with Crippen molar-refractivity contribution in [2.24, 2.45) is 0 Å². The van der Waals surface area contributed by atoms with E-state index in [0.29, 0.717) is 24.6 Å². The summed E-state index contributed by atoms with van der Waals surface area (Å²) >= 11 is 0. The molecule has 0 radical (unpaired) electrons. The Hall–Kier alpha value is -2.28. The van der Waals surface area contributed by atoms with Gasteiger partial charge in [0.05, 0.1) is 20.8 Å². The number of nitrogens with zero attached hydrogens (tertiary/aromatic N) is 1. The van der Waals surface area contributed by atoms with E-state index in [1.54, 1.807) is 26.2 Å². The van der Waals surface area contributed by atoms with Crippen LogP contribution < -0.4 is 19.7 Å². The van der Waals surface area contributed by atoms with E-state index in [4.69, 9.17) is 9.47 Å². The topological polar surface area (TPSA) is 72.3 Å². The molecule has 1 aromatic carbocycles. The zero-order valence-electron chi connectivity index (χ0n) is 18.6. The summed E-state index contributed by atoms with van der Waals surface area (Å²) < 4.78 is 10.7. The molecule has 0 aliphatic carbocycles. The third-order valence-corrected chi connectivity index (χ3v) is 4.50. The van der Waals surface area contributed by atoms with Gasteiger partial charge in [-0.1, -0.05) is 0 Å². The minimum absolute atomic E-state index is 0.00501. The Morgan fingerprint density at radius 3 is 2.18 bits per heavy atom. The Morgan fingerprint density at radius 1 is 1.11 bits per heavy atom. The lowest BCUT2D eigenvalue weighted by Crippen LogP contribution is -3.14. The zero-order valence-corrected chi connectivity index (χ0v) is 18.6. The van der Waals surface area contributed by atoms with Crippen molar-refractivity contribution in [1.82, 2.24) is 10.2 Å². The van der Waals surface area contributed by atoms with Crippen LogP contribution in [0.3, 0.4) is 0 Å². The zero-order chi connectivity index (χ0) is 21.5. The number of carbonyl (C=O) groups is 2. The number of hydrogen-bond acceptors (Lipinski definition) is 4. The Morgan fingerprint density at radius 2 is 1.68 bits per heavy atom. The maximum atomic E-state index is 12.7. The average Bonchev–Trinajstić information content (AvgIpc) is 2.60. The van der Waals surface area contributed by atoms with Crippen molar-refractivity contribution < 1.29 is 24.0 Å². The number of methoxy groups -OCH3 is 2. The van der Waals surface area contributed by atoms with E-state index in [1.165, 1.54) is 0 Å². The lowest BCUT2D eigenvalue weighted by Gasteiger charge is -2.25. The molecule has 0 fully saturated rings. The van der Waals surface area contributed by atoms with E-state index in [0.717, 1.165) is 16.0 Å². The number of ether oxygens (including phenoxy) is 2. The van der Waals surface area contributed by atoms with Gasteiger partial charge in [-0.25, -0.2) is 0 Å². The van der Waals surface area contributed by atoms with Crippen LogP contribution >= 0.6 is 0 Å². The molecule has 1 atom stereocenters. The van der Waals surface area contributed by atoms with Crippen LogP contribution in [0.25, 0.3) is 0 Å². The fourth-order valence-corrected chi connectivity index (χ4v) is 2.89. The van der Waals surface area contributed by atoms with Crippen molar-refractivity contribution in [1.29, 1.82) is 0 Å². The normalized spacial score (nSPS) is 12.3. The highest BCUT2D eigenvalue weighted by molar-refractivity contribution is 5.79. The number of likely N-dealkylation sites (N-methyl/N-ethyl adjacent to an activating group) is 2. The van der Waals surface area contributed by atoms with Crippen molar-refractivity contribution in [2.45, 2.75) is 46.7 Å². The van der Waals surface area contributed by atoms with Crippen molar-refractivity contribution in [2.75, 3.05) is 40.9 Å². The fourth-order valence-electron chi connectivity index (χ4n) is 2.89. The van der Waals surface area contributed by atoms with Gasteiger partial charge in [-0.3, -0.25) is 9.59 Å². The van der Waals surface area contributed by atoms with Crippen LogP contribution in [0.15, 0.2) is 12.1 Å². The summed E-state index contributed by atoms with van der Waals surface area (Å²) in [4.78, 5) is 27.5. The van der Waals surface area contributed by atoms with Gasteiger partial charge < -0.3 is 24.6 Å². The second-order valence-electron chi connectivity index (χ2n) is 8.14. The standard InChI is InChI=1S/C21H35N3O4/c1-9-24(13-19(25)22-21(3,4)5)14-20(26)23(6)12-16-11-18(28-8)17(27-7)10-15(16)2/h10-11H,9,12-14H2,1-8H3,(H,22,25)/p+1. The number of hydrogen-bond donors (Lipinski definition) is 2. The monoisotopic (exact) mass is 394 g/mol. The van der Waals surface area contributed by atoms with Gasteiger partial charge in [0, 0.05) is 19.1 Å². The molecule has 0 spiro atoms. The summed E-state index contributed by atoms with van der Waals surface area (Å²) in [7, 11) is 4.97. The first-order chi connectivity index (χ1) is 13.0. The average molecular weight is 395 g/mol. The molecule has 0 aliphatic rings. The third-order valence-electron chi connectivity index (χ3n) is 4.50. The van der Waals surface area contributed by atoms with Gasteiger partial charge in [0.2, 0.25) is 0 Å². The summed E-state index contributed by atoms with van der Waals surface area (Å²) in [6, 6.07) is 3.81. The number of aryl methyl sites for hydroxylation is 1. The first-order valence-corrected chi connectivity index (χ1v) is 9.60. The number of carbonyl (C=O) groups excluding carboxylic acids is 2. The van der Waals surface area contributed by atoms with E-state index < -0.39 is 0 Å². The van der Waals surface area contributed by atoms with Crippen molar-refractivity contribution >= 4 is 11.8 Å². The van der Waals surface area contributed by atoms with Crippen LogP contribution in [-0.4, -0.2) is 63.2 Å². The molecule has 1 aromatic rings. The lowest BCUT2D eigenvalue weighted by atomic mass is 10.1. The molecule has 0 heterocycles. The summed E-state index contributed by atoms with van der Waals surface area (Å²) in [6.45, 7) is 11.5. The first kappa shape index (κ1) is 23.8. The summed E-state index contributed by atoms with van der Waals surface area (Å²) in [5.41, 5.74) is 1.75. The molecule has 1 rings (SSSR count). The highest BCUT2D eigenvalue weighted by Gasteiger charge is 2.22. The van der Waals surface area contributed by atoms with E-state index in [2.05, 4.69) is 5.32 Å². The van der Waals surface area contributed by atoms with Gasteiger partial charge in [0.15, 0.2) is 24.6 Å². The van der Waals surface area contributed by atoms with Crippen LogP contribution in [0.2, 0.25) is 0 Å². The molecule has 0 saturated carbocycles. The maximum Gasteiger partial charge on any atom is 0.277 e. The quantitative estimate of drug-likeness (QED) is 0.650. The van der Waals surface area contributed by atoms with Gasteiger partial charge in [-0.2, -0.15) is 0 Å². The molecule has 2 N–H and O–H groups in total. The van der Waals surface area contributed by atoms with Crippen LogP contribution in [0, 0.1) is 6.92 Å². The molecule has 2 amide bonds. The molecule has 158 valence electrons. The van der Waals surface area contributed by atoms with Crippen LogP contribution in [0.4, 0.5) is 0 Å². The van der Waals surface area contributed by atoms with E-state index >= 15 is 0 Å². The van der Waals surface area contributed by atoms with Crippen molar-refractivity contribution in [3.05, 3.63) is 23.3 Å². The second kappa shape index (κ2) is 10.3. The Kier molecular flexibility index (Phi) is 8.75. The number of amides is 2. The van der Waals surface area contributed by atoms with Gasteiger partial charge in [-0.15, -0.1) is 0 Å².